The third kappa shape index (κ3) is 4.60. The zero-order valence-electron chi connectivity index (χ0n) is 13.1. The SMILES string of the molecule is CCNCc1cccc(NC(=O)c2ccc(OCC)cc2)c1. The number of amides is 1. The summed E-state index contributed by atoms with van der Waals surface area (Å²) in [6.07, 6.45) is 0. The van der Waals surface area contributed by atoms with Gasteiger partial charge in [0, 0.05) is 17.8 Å². The molecule has 0 bridgehead atoms. The molecule has 0 fully saturated rings. The fraction of sp³-hybridized carbons (Fsp3) is 0.278. The molecule has 4 nitrogen and oxygen atoms in total. The maximum absolute atomic E-state index is 12.2. The standard InChI is InChI=1S/C18H22N2O2/c1-3-19-13-14-6-5-7-16(12-14)20-18(21)15-8-10-17(11-9-15)22-4-2/h5-12,19H,3-4,13H2,1-2H3,(H,20,21). The minimum absolute atomic E-state index is 0.122. The Kier molecular flexibility index (Phi) is 5.98. The van der Waals surface area contributed by atoms with Gasteiger partial charge in [0.2, 0.25) is 0 Å². The Labute approximate surface area is 131 Å². The molecule has 0 spiro atoms. The number of carbonyl (C=O) groups is 1. The number of hydrogen-bond donors (Lipinski definition) is 2. The van der Waals surface area contributed by atoms with Gasteiger partial charge in [0.1, 0.15) is 5.75 Å². The minimum atomic E-state index is -0.122. The van der Waals surface area contributed by atoms with E-state index in [1.54, 1.807) is 24.3 Å². The number of carbonyl (C=O) groups excluding carboxylic acids is 1. The summed E-state index contributed by atoms with van der Waals surface area (Å²) in [5, 5.41) is 6.19. The summed E-state index contributed by atoms with van der Waals surface area (Å²) in [6.45, 7) is 6.33. The second-order valence-electron chi connectivity index (χ2n) is 4.89. The fourth-order valence-corrected chi connectivity index (χ4v) is 2.10. The molecule has 0 atom stereocenters. The maximum atomic E-state index is 12.2. The molecule has 0 aromatic heterocycles. The van der Waals surface area contributed by atoms with Crippen molar-refractivity contribution >= 4 is 11.6 Å². The molecule has 2 aromatic rings. The Hall–Kier alpha value is -2.33. The highest BCUT2D eigenvalue weighted by molar-refractivity contribution is 6.04. The van der Waals surface area contributed by atoms with Crippen molar-refractivity contribution in [2.24, 2.45) is 0 Å². The van der Waals surface area contributed by atoms with Crippen LogP contribution < -0.4 is 15.4 Å². The third-order valence-corrected chi connectivity index (χ3v) is 3.19. The molecular weight excluding hydrogens is 276 g/mol. The highest BCUT2D eigenvalue weighted by Gasteiger charge is 2.06. The van der Waals surface area contributed by atoms with Crippen LogP contribution in [0, 0.1) is 0 Å². The van der Waals surface area contributed by atoms with Gasteiger partial charge in [-0.05, 0) is 55.4 Å². The third-order valence-electron chi connectivity index (χ3n) is 3.19. The zero-order valence-corrected chi connectivity index (χ0v) is 13.1. The van der Waals surface area contributed by atoms with Crippen LogP contribution in [0.1, 0.15) is 29.8 Å². The number of ether oxygens (including phenoxy) is 1. The number of hydrogen-bond acceptors (Lipinski definition) is 3. The molecule has 22 heavy (non-hydrogen) atoms. The Bertz CT molecular complexity index is 609. The van der Waals surface area contributed by atoms with Gasteiger partial charge in [-0.25, -0.2) is 0 Å². The predicted molar refractivity (Wildman–Crippen MR) is 89.4 cm³/mol. The molecule has 0 saturated carbocycles. The first-order valence-electron chi connectivity index (χ1n) is 7.56. The lowest BCUT2D eigenvalue weighted by atomic mass is 10.1. The van der Waals surface area contributed by atoms with E-state index in [0.29, 0.717) is 12.2 Å². The molecule has 0 saturated heterocycles. The lowest BCUT2D eigenvalue weighted by Crippen LogP contribution is -2.14. The van der Waals surface area contributed by atoms with E-state index in [2.05, 4.69) is 17.6 Å². The van der Waals surface area contributed by atoms with Crippen molar-refractivity contribution in [3.63, 3.8) is 0 Å². The van der Waals surface area contributed by atoms with Crippen molar-refractivity contribution in [2.75, 3.05) is 18.5 Å². The summed E-state index contributed by atoms with van der Waals surface area (Å²) in [5.41, 5.74) is 2.56. The van der Waals surface area contributed by atoms with E-state index in [0.717, 1.165) is 30.1 Å². The van der Waals surface area contributed by atoms with Crippen LogP contribution in [0.5, 0.6) is 5.75 Å². The van der Waals surface area contributed by atoms with Crippen LogP contribution >= 0.6 is 0 Å². The van der Waals surface area contributed by atoms with Crippen molar-refractivity contribution in [2.45, 2.75) is 20.4 Å². The molecule has 0 unspecified atom stereocenters. The van der Waals surface area contributed by atoms with Gasteiger partial charge in [-0.3, -0.25) is 4.79 Å². The Morgan fingerprint density at radius 1 is 1.09 bits per heavy atom. The van der Waals surface area contributed by atoms with Gasteiger partial charge in [-0.2, -0.15) is 0 Å². The molecule has 116 valence electrons. The molecule has 2 N–H and O–H groups in total. The lowest BCUT2D eigenvalue weighted by molar-refractivity contribution is 0.102. The normalized spacial score (nSPS) is 10.3. The van der Waals surface area contributed by atoms with Crippen molar-refractivity contribution in [1.82, 2.24) is 5.32 Å². The second-order valence-corrected chi connectivity index (χ2v) is 4.89. The monoisotopic (exact) mass is 298 g/mol. The molecule has 0 aliphatic heterocycles. The van der Waals surface area contributed by atoms with E-state index >= 15 is 0 Å². The zero-order chi connectivity index (χ0) is 15.8. The van der Waals surface area contributed by atoms with Crippen LogP contribution in [0.3, 0.4) is 0 Å². The van der Waals surface area contributed by atoms with Gasteiger partial charge >= 0.3 is 0 Å². The number of anilines is 1. The molecule has 0 aliphatic rings. The Morgan fingerprint density at radius 3 is 2.55 bits per heavy atom. The summed E-state index contributed by atoms with van der Waals surface area (Å²) < 4.78 is 5.37. The smallest absolute Gasteiger partial charge is 0.255 e. The summed E-state index contributed by atoms with van der Waals surface area (Å²) in [4.78, 5) is 12.2. The first-order valence-corrected chi connectivity index (χ1v) is 7.56. The first-order chi connectivity index (χ1) is 10.7. The predicted octanol–water partition coefficient (Wildman–Crippen LogP) is 3.45. The molecule has 0 heterocycles. The molecule has 4 heteroatoms. The van der Waals surface area contributed by atoms with Crippen molar-refractivity contribution in [1.29, 1.82) is 0 Å². The first kappa shape index (κ1) is 16.0. The average molecular weight is 298 g/mol. The second kappa shape index (κ2) is 8.20. The van der Waals surface area contributed by atoms with Crippen LogP contribution in [-0.4, -0.2) is 19.1 Å². The molecule has 0 radical (unpaired) electrons. The van der Waals surface area contributed by atoms with E-state index in [4.69, 9.17) is 4.74 Å². The van der Waals surface area contributed by atoms with E-state index < -0.39 is 0 Å². The van der Waals surface area contributed by atoms with Crippen LogP contribution in [0.4, 0.5) is 5.69 Å². The van der Waals surface area contributed by atoms with Gasteiger partial charge in [-0.15, -0.1) is 0 Å². The Morgan fingerprint density at radius 2 is 1.86 bits per heavy atom. The van der Waals surface area contributed by atoms with Crippen molar-refractivity contribution < 1.29 is 9.53 Å². The summed E-state index contributed by atoms with van der Waals surface area (Å²) in [7, 11) is 0. The van der Waals surface area contributed by atoms with Gasteiger partial charge in [-0.1, -0.05) is 19.1 Å². The van der Waals surface area contributed by atoms with Gasteiger partial charge < -0.3 is 15.4 Å². The molecule has 1 amide bonds. The molecule has 2 aromatic carbocycles. The minimum Gasteiger partial charge on any atom is -0.494 e. The number of nitrogens with one attached hydrogen (secondary N) is 2. The molecular formula is C18H22N2O2. The highest BCUT2D eigenvalue weighted by Crippen LogP contribution is 2.15. The van der Waals surface area contributed by atoms with Crippen LogP contribution in [-0.2, 0) is 6.54 Å². The van der Waals surface area contributed by atoms with Crippen molar-refractivity contribution in [3.8, 4) is 5.75 Å². The van der Waals surface area contributed by atoms with Crippen molar-refractivity contribution in [3.05, 3.63) is 59.7 Å². The van der Waals surface area contributed by atoms with E-state index in [-0.39, 0.29) is 5.91 Å². The maximum Gasteiger partial charge on any atom is 0.255 e. The summed E-state index contributed by atoms with van der Waals surface area (Å²) in [5.74, 6) is 0.648. The van der Waals surface area contributed by atoms with Crippen LogP contribution in [0.25, 0.3) is 0 Å². The van der Waals surface area contributed by atoms with Crippen LogP contribution in [0.15, 0.2) is 48.5 Å². The highest BCUT2D eigenvalue weighted by atomic mass is 16.5. The quantitative estimate of drug-likeness (QED) is 0.823. The van der Waals surface area contributed by atoms with Gasteiger partial charge in [0.05, 0.1) is 6.61 Å². The fourth-order valence-electron chi connectivity index (χ4n) is 2.10. The number of rotatable bonds is 7. The van der Waals surface area contributed by atoms with Gasteiger partial charge in [0.15, 0.2) is 0 Å². The average Bonchev–Trinajstić information content (AvgIpc) is 2.54. The molecule has 2 rings (SSSR count). The van der Waals surface area contributed by atoms with E-state index in [1.807, 2.05) is 31.2 Å². The topological polar surface area (TPSA) is 50.4 Å². The van der Waals surface area contributed by atoms with E-state index in [9.17, 15) is 4.79 Å². The Balaban J connectivity index is 2.01. The molecule has 0 aliphatic carbocycles. The lowest BCUT2D eigenvalue weighted by Gasteiger charge is -2.09. The van der Waals surface area contributed by atoms with Crippen LogP contribution in [0.2, 0.25) is 0 Å². The number of benzene rings is 2. The summed E-state index contributed by atoms with van der Waals surface area (Å²) >= 11 is 0. The van der Waals surface area contributed by atoms with Gasteiger partial charge in [0.25, 0.3) is 5.91 Å². The van der Waals surface area contributed by atoms with E-state index in [1.165, 1.54) is 0 Å². The summed E-state index contributed by atoms with van der Waals surface area (Å²) in [6, 6.07) is 15.0. The largest absolute Gasteiger partial charge is 0.494 e.